The van der Waals surface area contributed by atoms with Crippen LogP contribution in [0, 0.1) is 5.92 Å². The molecule has 1 rings (SSSR count). The Bertz CT molecular complexity index is 377. The van der Waals surface area contributed by atoms with Gasteiger partial charge < -0.3 is 11.1 Å². The number of aryl methyl sites for hydroxylation is 1. The van der Waals surface area contributed by atoms with E-state index in [1.807, 2.05) is 12.1 Å². The predicted molar refractivity (Wildman–Crippen MR) is 75.1 cm³/mol. The van der Waals surface area contributed by atoms with E-state index in [-0.39, 0.29) is 11.8 Å². The Balaban J connectivity index is 2.56. The third kappa shape index (κ3) is 4.15. The molecular weight excluding hydrogens is 224 g/mol. The van der Waals surface area contributed by atoms with Crippen LogP contribution in [0.1, 0.15) is 37.8 Å². The largest absolute Gasteiger partial charge is 0.352 e. The second kappa shape index (κ2) is 7.88. The first-order valence-corrected chi connectivity index (χ1v) is 6.77. The van der Waals surface area contributed by atoms with Crippen LogP contribution in [0.5, 0.6) is 0 Å². The van der Waals surface area contributed by atoms with Crippen molar-refractivity contribution in [2.75, 3.05) is 6.54 Å². The van der Waals surface area contributed by atoms with E-state index in [0.29, 0.717) is 13.1 Å². The minimum absolute atomic E-state index is 0.0520. The summed E-state index contributed by atoms with van der Waals surface area (Å²) in [7, 11) is 0. The molecule has 1 unspecified atom stereocenters. The summed E-state index contributed by atoms with van der Waals surface area (Å²) in [5.41, 5.74) is 8.11. The number of carbonyl (C=O) groups is 1. The minimum Gasteiger partial charge on any atom is -0.352 e. The molecule has 0 fully saturated rings. The van der Waals surface area contributed by atoms with Gasteiger partial charge in [0.05, 0.1) is 5.92 Å². The molecular formula is C15H24N2O. The van der Waals surface area contributed by atoms with Crippen molar-refractivity contribution in [2.24, 2.45) is 11.7 Å². The third-order valence-electron chi connectivity index (χ3n) is 3.24. The lowest BCUT2D eigenvalue weighted by Crippen LogP contribution is -2.34. The molecule has 0 bridgehead atoms. The van der Waals surface area contributed by atoms with E-state index in [9.17, 15) is 4.79 Å². The Hall–Kier alpha value is -1.35. The van der Waals surface area contributed by atoms with Crippen molar-refractivity contribution in [2.45, 2.75) is 39.7 Å². The number of benzene rings is 1. The molecule has 1 atom stereocenters. The maximum absolute atomic E-state index is 11.9. The molecule has 0 aromatic heterocycles. The number of amides is 1. The highest BCUT2D eigenvalue weighted by atomic mass is 16.1. The summed E-state index contributed by atoms with van der Waals surface area (Å²) < 4.78 is 0. The first-order valence-electron chi connectivity index (χ1n) is 6.77. The van der Waals surface area contributed by atoms with Crippen LogP contribution >= 0.6 is 0 Å². The molecule has 3 N–H and O–H groups in total. The van der Waals surface area contributed by atoms with Crippen LogP contribution in [0.15, 0.2) is 24.3 Å². The monoisotopic (exact) mass is 248 g/mol. The lowest BCUT2D eigenvalue weighted by Gasteiger charge is -2.15. The van der Waals surface area contributed by atoms with Gasteiger partial charge in [-0.05, 0) is 24.0 Å². The number of rotatable bonds is 7. The first-order chi connectivity index (χ1) is 8.72. The molecule has 100 valence electrons. The van der Waals surface area contributed by atoms with Gasteiger partial charge >= 0.3 is 0 Å². The van der Waals surface area contributed by atoms with E-state index in [1.165, 1.54) is 11.1 Å². The maximum Gasteiger partial charge on any atom is 0.224 e. The molecule has 1 aromatic carbocycles. The molecule has 0 aliphatic carbocycles. The maximum atomic E-state index is 11.9. The molecule has 0 radical (unpaired) electrons. The topological polar surface area (TPSA) is 55.1 Å². The van der Waals surface area contributed by atoms with Crippen LogP contribution in [0.3, 0.4) is 0 Å². The summed E-state index contributed by atoms with van der Waals surface area (Å²) in [4.78, 5) is 11.9. The lowest BCUT2D eigenvalue weighted by atomic mass is 10.0. The van der Waals surface area contributed by atoms with Crippen molar-refractivity contribution in [1.29, 1.82) is 0 Å². The molecule has 1 amide bonds. The van der Waals surface area contributed by atoms with Crippen LogP contribution in [0.4, 0.5) is 0 Å². The molecule has 3 heteroatoms. The summed E-state index contributed by atoms with van der Waals surface area (Å²) in [6, 6.07) is 8.21. The van der Waals surface area contributed by atoms with Crippen molar-refractivity contribution in [3.8, 4) is 0 Å². The molecule has 3 nitrogen and oxygen atoms in total. The van der Waals surface area contributed by atoms with E-state index in [0.717, 1.165) is 19.3 Å². The highest BCUT2D eigenvalue weighted by Gasteiger charge is 2.15. The van der Waals surface area contributed by atoms with Gasteiger partial charge in [-0.15, -0.1) is 0 Å². The highest BCUT2D eigenvalue weighted by molar-refractivity contribution is 5.78. The molecule has 1 aromatic rings. The number of nitrogens with one attached hydrogen (secondary N) is 1. The van der Waals surface area contributed by atoms with E-state index in [4.69, 9.17) is 5.73 Å². The first kappa shape index (κ1) is 14.7. The molecule has 0 saturated heterocycles. The molecule has 18 heavy (non-hydrogen) atoms. The van der Waals surface area contributed by atoms with Crippen LogP contribution in [-0.2, 0) is 17.8 Å². The van der Waals surface area contributed by atoms with Gasteiger partial charge in [0.1, 0.15) is 0 Å². The third-order valence-corrected chi connectivity index (χ3v) is 3.24. The van der Waals surface area contributed by atoms with Crippen LogP contribution in [-0.4, -0.2) is 12.5 Å². The van der Waals surface area contributed by atoms with Crippen molar-refractivity contribution >= 4 is 5.91 Å². The summed E-state index contributed by atoms with van der Waals surface area (Å²) in [5.74, 6) is 0.0223. The average molecular weight is 248 g/mol. The van der Waals surface area contributed by atoms with Crippen LogP contribution in [0.25, 0.3) is 0 Å². The molecule has 0 saturated carbocycles. The van der Waals surface area contributed by atoms with E-state index >= 15 is 0 Å². The second-order valence-electron chi connectivity index (χ2n) is 4.56. The van der Waals surface area contributed by atoms with Crippen LogP contribution in [0.2, 0.25) is 0 Å². The van der Waals surface area contributed by atoms with Gasteiger partial charge in [-0.25, -0.2) is 0 Å². The quantitative estimate of drug-likeness (QED) is 0.777. The molecule has 0 aliphatic heterocycles. The van der Waals surface area contributed by atoms with Gasteiger partial charge in [-0.1, -0.05) is 44.5 Å². The Labute approximate surface area is 110 Å². The predicted octanol–water partition coefficient (Wildman–Crippen LogP) is 2.24. The Kier molecular flexibility index (Phi) is 6.44. The lowest BCUT2D eigenvalue weighted by molar-refractivity contribution is -0.125. The number of hydrogen-bond acceptors (Lipinski definition) is 2. The van der Waals surface area contributed by atoms with E-state index in [1.54, 1.807) is 0 Å². The van der Waals surface area contributed by atoms with Gasteiger partial charge in [-0.3, -0.25) is 4.79 Å². The SMILES string of the molecule is CCCC(CN)C(=O)NCc1ccccc1CC. The Morgan fingerprint density at radius 1 is 1.28 bits per heavy atom. The van der Waals surface area contributed by atoms with Gasteiger partial charge in [0.2, 0.25) is 5.91 Å². The molecule has 0 heterocycles. The van der Waals surface area contributed by atoms with Crippen LogP contribution < -0.4 is 11.1 Å². The zero-order valence-electron chi connectivity index (χ0n) is 11.4. The van der Waals surface area contributed by atoms with Crippen molar-refractivity contribution in [3.05, 3.63) is 35.4 Å². The minimum atomic E-state index is -0.0520. The number of hydrogen-bond donors (Lipinski definition) is 2. The summed E-state index contributed by atoms with van der Waals surface area (Å²) in [5, 5.41) is 2.99. The fraction of sp³-hybridized carbons (Fsp3) is 0.533. The van der Waals surface area contributed by atoms with Gasteiger partial charge in [-0.2, -0.15) is 0 Å². The van der Waals surface area contributed by atoms with Crippen molar-refractivity contribution in [1.82, 2.24) is 5.32 Å². The normalized spacial score (nSPS) is 12.2. The zero-order valence-corrected chi connectivity index (χ0v) is 11.4. The zero-order chi connectivity index (χ0) is 13.4. The summed E-state index contributed by atoms with van der Waals surface area (Å²) in [6.45, 7) is 5.22. The smallest absolute Gasteiger partial charge is 0.224 e. The van der Waals surface area contributed by atoms with Gasteiger partial charge in [0.15, 0.2) is 0 Å². The van der Waals surface area contributed by atoms with E-state index in [2.05, 4.69) is 31.3 Å². The van der Waals surface area contributed by atoms with Gasteiger partial charge in [0, 0.05) is 13.1 Å². The van der Waals surface area contributed by atoms with Crippen molar-refractivity contribution in [3.63, 3.8) is 0 Å². The number of nitrogens with two attached hydrogens (primary N) is 1. The van der Waals surface area contributed by atoms with Gasteiger partial charge in [0.25, 0.3) is 0 Å². The molecule has 0 aliphatic rings. The molecule has 0 spiro atoms. The fourth-order valence-electron chi connectivity index (χ4n) is 2.11. The summed E-state index contributed by atoms with van der Waals surface area (Å²) in [6.07, 6.45) is 2.83. The highest BCUT2D eigenvalue weighted by Crippen LogP contribution is 2.10. The fourth-order valence-corrected chi connectivity index (χ4v) is 2.11. The van der Waals surface area contributed by atoms with E-state index < -0.39 is 0 Å². The second-order valence-corrected chi connectivity index (χ2v) is 4.56. The Morgan fingerprint density at radius 3 is 2.50 bits per heavy atom. The summed E-state index contributed by atoms with van der Waals surface area (Å²) >= 11 is 0. The Morgan fingerprint density at radius 2 is 1.94 bits per heavy atom. The number of carbonyl (C=O) groups excluding carboxylic acids is 1. The van der Waals surface area contributed by atoms with Crippen molar-refractivity contribution < 1.29 is 4.79 Å². The standard InChI is InChI=1S/C15H24N2O/c1-3-7-13(10-16)15(18)17-11-14-9-6-5-8-12(14)4-2/h5-6,8-9,13H,3-4,7,10-11,16H2,1-2H3,(H,17,18). The average Bonchev–Trinajstić information content (AvgIpc) is 2.42.